The number of aliphatic hydroxyl groups excluding tert-OH is 2. The molecule has 1 unspecified atom stereocenters. The van der Waals surface area contributed by atoms with Crippen LogP contribution < -0.4 is 0 Å². The first-order valence-corrected chi connectivity index (χ1v) is 3.93. The Kier molecular flexibility index (Phi) is 6.98. The molecule has 1 atom stereocenters. The molecule has 0 aliphatic carbocycles. The van der Waals surface area contributed by atoms with Gasteiger partial charge in [0, 0.05) is 6.61 Å². The summed E-state index contributed by atoms with van der Waals surface area (Å²) in [5.41, 5.74) is 0. The molecule has 0 spiro atoms. The normalized spacial score (nSPS) is 13.5. The SMILES string of the molecule is CCCC[CH]C(O)CCO. The maximum Gasteiger partial charge on any atom is 0.0593 e. The first-order chi connectivity index (χ1) is 4.81. The monoisotopic (exact) mass is 145 g/mol. The fourth-order valence-electron chi connectivity index (χ4n) is 0.764. The first kappa shape index (κ1) is 9.92. The molecule has 0 rings (SSSR count). The number of aliphatic hydroxyl groups is 2. The van der Waals surface area contributed by atoms with Gasteiger partial charge in [0.2, 0.25) is 0 Å². The lowest BCUT2D eigenvalue weighted by atomic mass is 10.1. The molecule has 1 radical (unpaired) electrons. The van der Waals surface area contributed by atoms with Crippen molar-refractivity contribution in [2.75, 3.05) is 6.61 Å². The summed E-state index contributed by atoms with van der Waals surface area (Å²) in [6.07, 6.45) is 5.17. The van der Waals surface area contributed by atoms with Crippen LogP contribution in [-0.2, 0) is 0 Å². The zero-order valence-corrected chi connectivity index (χ0v) is 6.58. The third-order valence-electron chi connectivity index (χ3n) is 1.42. The van der Waals surface area contributed by atoms with Gasteiger partial charge in [-0.15, -0.1) is 0 Å². The zero-order valence-electron chi connectivity index (χ0n) is 6.58. The summed E-state index contributed by atoms with van der Waals surface area (Å²) >= 11 is 0. The molecule has 0 amide bonds. The van der Waals surface area contributed by atoms with E-state index in [2.05, 4.69) is 6.92 Å². The molecule has 0 aliphatic rings. The number of hydrogen-bond donors (Lipinski definition) is 2. The molecule has 0 heterocycles. The first-order valence-electron chi connectivity index (χ1n) is 3.93. The quantitative estimate of drug-likeness (QED) is 0.550. The van der Waals surface area contributed by atoms with Crippen molar-refractivity contribution in [1.29, 1.82) is 0 Å². The average Bonchev–Trinajstić information content (AvgIpc) is 1.89. The van der Waals surface area contributed by atoms with Gasteiger partial charge in [-0.25, -0.2) is 0 Å². The maximum atomic E-state index is 9.06. The summed E-state index contributed by atoms with van der Waals surface area (Å²) in [5.74, 6) is 0. The highest BCUT2D eigenvalue weighted by Gasteiger charge is 2.01. The van der Waals surface area contributed by atoms with Gasteiger partial charge in [-0.3, -0.25) is 0 Å². The predicted molar refractivity (Wildman–Crippen MR) is 41.5 cm³/mol. The summed E-state index contributed by atoms with van der Waals surface area (Å²) in [7, 11) is 0. The van der Waals surface area contributed by atoms with E-state index in [-0.39, 0.29) is 6.61 Å². The molecule has 0 saturated carbocycles. The van der Waals surface area contributed by atoms with Gasteiger partial charge in [-0.1, -0.05) is 19.8 Å². The Hall–Kier alpha value is -0.0800. The second kappa shape index (κ2) is 7.03. The lowest BCUT2D eigenvalue weighted by molar-refractivity contribution is 0.155. The van der Waals surface area contributed by atoms with E-state index in [9.17, 15) is 0 Å². The minimum Gasteiger partial charge on any atom is -0.396 e. The average molecular weight is 145 g/mol. The van der Waals surface area contributed by atoms with Gasteiger partial charge in [-0.2, -0.15) is 0 Å². The van der Waals surface area contributed by atoms with Gasteiger partial charge < -0.3 is 10.2 Å². The number of unbranched alkanes of at least 4 members (excludes halogenated alkanes) is 2. The van der Waals surface area contributed by atoms with E-state index in [1.54, 1.807) is 0 Å². The van der Waals surface area contributed by atoms with E-state index in [0.29, 0.717) is 6.42 Å². The van der Waals surface area contributed by atoms with Gasteiger partial charge in [-0.05, 0) is 19.3 Å². The predicted octanol–water partition coefficient (Wildman–Crippen LogP) is 1.12. The summed E-state index contributed by atoms with van der Waals surface area (Å²) in [6, 6.07) is 0. The van der Waals surface area contributed by atoms with Crippen LogP contribution >= 0.6 is 0 Å². The Bertz CT molecular complexity index is 64.3. The fraction of sp³-hybridized carbons (Fsp3) is 0.875. The lowest BCUT2D eigenvalue weighted by Gasteiger charge is -2.06. The van der Waals surface area contributed by atoms with Crippen LogP contribution in [0.2, 0.25) is 0 Å². The summed E-state index contributed by atoms with van der Waals surface area (Å²) in [6.45, 7) is 2.19. The Morgan fingerprint density at radius 1 is 1.50 bits per heavy atom. The van der Waals surface area contributed by atoms with Crippen LogP contribution in [0.15, 0.2) is 0 Å². The smallest absolute Gasteiger partial charge is 0.0593 e. The van der Waals surface area contributed by atoms with Crippen molar-refractivity contribution in [2.45, 2.75) is 38.7 Å². The van der Waals surface area contributed by atoms with E-state index in [1.165, 1.54) is 0 Å². The molecular formula is C8H17O2. The summed E-state index contributed by atoms with van der Waals surface area (Å²) in [4.78, 5) is 0. The van der Waals surface area contributed by atoms with Crippen LogP contribution in [0.3, 0.4) is 0 Å². The van der Waals surface area contributed by atoms with Gasteiger partial charge in [0.15, 0.2) is 0 Å². The van der Waals surface area contributed by atoms with Crippen LogP contribution in [0.25, 0.3) is 0 Å². The third kappa shape index (κ3) is 6.05. The van der Waals surface area contributed by atoms with Crippen LogP contribution in [-0.4, -0.2) is 22.9 Å². The molecule has 0 aromatic rings. The van der Waals surface area contributed by atoms with Crippen molar-refractivity contribution < 1.29 is 10.2 Å². The van der Waals surface area contributed by atoms with E-state index in [0.717, 1.165) is 19.3 Å². The Morgan fingerprint density at radius 3 is 2.70 bits per heavy atom. The molecule has 2 N–H and O–H groups in total. The topological polar surface area (TPSA) is 40.5 Å². The van der Waals surface area contributed by atoms with Crippen molar-refractivity contribution in [3.63, 3.8) is 0 Å². The van der Waals surface area contributed by atoms with Gasteiger partial charge in [0.1, 0.15) is 0 Å². The van der Waals surface area contributed by atoms with E-state index < -0.39 is 6.10 Å². The molecule has 2 heteroatoms. The Labute approximate surface area is 62.9 Å². The minimum atomic E-state index is -0.406. The van der Waals surface area contributed by atoms with Gasteiger partial charge in [0.05, 0.1) is 6.10 Å². The second-order valence-electron chi connectivity index (χ2n) is 2.46. The molecular weight excluding hydrogens is 128 g/mol. The summed E-state index contributed by atoms with van der Waals surface area (Å²) in [5, 5.41) is 17.5. The molecule has 0 aromatic carbocycles. The lowest BCUT2D eigenvalue weighted by Crippen LogP contribution is -2.08. The molecule has 10 heavy (non-hydrogen) atoms. The van der Waals surface area contributed by atoms with Crippen molar-refractivity contribution in [2.24, 2.45) is 0 Å². The highest BCUT2D eigenvalue weighted by Crippen LogP contribution is 2.03. The summed E-state index contributed by atoms with van der Waals surface area (Å²) < 4.78 is 0. The van der Waals surface area contributed by atoms with Crippen molar-refractivity contribution >= 4 is 0 Å². The molecule has 0 fully saturated rings. The Balaban J connectivity index is 2.97. The van der Waals surface area contributed by atoms with Crippen molar-refractivity contribution in [3.05, 3.63) is 6.42 Å². The van der Waals surface area contributed by atoms with E-state index in [4.69, 9.17) is 10.2 Å². The zero-order chi connectivity index (χ0) is 7.82. The highest BCUT2D eigenvalue weighted by atomic mass is 16.3. The van der Waals surface area contributed by atoms with Gasteiger partial charge in [0.25, 0.3) is 0 Å². The van der Waals surface area contributed by atoms with E-state index in [1.807, 2.05) is 6.42 Å². The third-order valence-corrected chi connectivity index (χ3v) is 1.42. The minimum absolute atomic E-state index is 0.0732. The molecule has 61 valence electrons. The van der Waals surface area contributed by atoms with Crippen LogP contribution in [0.1, 0.15) is 32.6 Å². The van der Waals surface area contributed by atoms with Gasteiger partial charge >= 0.3 is 0 Å². The van der Waals surface area contributed by atoms with Crippen molar-refractivity contribution in [3.8, 4) is 0 Å². The van der Waals surface area contributed by atoms with Crippen LogP contribution in [0.5, 0.6) is 0 Å². The molecule has 0 aromatic heterocycles. The van der Waals surface area contributed by atoms with E-state index >= 15 is 0 Å². The molecule has 2 nitrogen and oxygen atoms in total. The molecule has 0 aliphatic heterocycles. The Morgan fingerprint density at radius 2 is 2.20 bits per heavy atom. The highest BCUT2D eigenvalue weighted by molar-refractivity contribution is 4.74. The largest absolute Gasteiger partial charge is 0.396 e. The van der Waals surface area contributed by atoms with Crippen LogP contribution in [0, 0.1) is 6.42 Å². The number of hydrogen-bond acceptors (Lipinski definition) is 2. The molecule has 0 saturated heterocycles. The second-order valence-corrected chi connectivity index (χ2v) is 2.46. The molecule has 0 bridgehead atoms. The van der Waals surface area contributed by atoms with Crippen LogP contribution in [0.4, 0.5) is 0 Å². The van der Waals surface area contributed by atoms with Crippen molar-refractivity contribution in [1.82, 2.24) is 0 Å². The maximum absolute atomic E-state index is 9.06. The fourth-order valence-corrected chi connectivity index (χ4v) is 0.764. The standard InChI is InChI=1S/C8H17O2/c1-2-3-4-5-8(10)6-7-9/h5,8-10H,2-4,6-7H2,1H3. The number of rotatable bonds is 6.